The van der Waals surface area contributed by atoms with Crippen LogP contribution in [0.1, 0.15) is 46.6 Å². The summed E-state index contributed by atoms with van der Waals surface area (Å²) in [5.41, 5.74) is 0.756. The van der Waals surface area contributed by atoms with Crippen LogP contribution in [0.4, 0.5) is 5.69 Å². The van der Waals surface area contributed by atoms with Crippen molar-refractivity contribution >= 4 is 27.5 Å². The highest BCUT2D eigenvalue weighted by atomic mass is 32.2. The van der Waals surface area contributed by atoms with Gasteiger partial charge in [-0.25, -0.2) is 8.42 Å². The number of nitrogens with one attached hydrogen (secondary N) is 1. The van der Waals surface area contributed by atoms with Crippen LogP contribution in [0, 0.1) is 0 Å². The zero-order chi connectivity index (χ0) is 30.0. The highest BCUT2D eigenvalue weighted by Crippen LogP contribution is 2.32. The first-order chi connectivity index (χ1) is 19.5. The smallest absolute Gasteiger partial charge is 0.264 e. The van der Waals surface area contributed by atoms with E-state index >= 15 is 0 Å². The molecule has 0 aliphatic rings. The molecule has 0 spiro atoms. The molecule has 0 saturated heterocycles. The van der Waals surface area contributed by atoms with Gasteiger partial charge in [-0.1, -0.05) is 67.6 Å². The van der Waals surface area contributed by atoms with Gasteiger partial charge in [0.1, 0.15) is 18.3 Å². The van der Waals surface area contributed by atoms with Crippen molar-refractivity contribution in [3.05, 3.63) is 90.5 Å². The molecule has 9 heteroatoms. The van der Waals surface area contributed by atoms with E-state index in [1.807, 2.05) is 65.0 Å². The molecule has 1 N–H and O–H groups in total. The minimum absolute atomic E-state index is 0.0486. The van der Waals surface area contributed by atoms with E-state index in [1.54, 1.807) is 42.5 Å². The van der Waals surface area contributed by atoms with E-state index in [0.717, 1.165) is 9.87 Å². The molecule has 3 rings (SSSR count). The number of carbonyl (C=O) groups excluding carboxylic acids is 2. The van der Waals surface area contributed by atoms with Gasteiger partial charge >= 0.3 is 0 Å². The Labute approximate surface area is 244 Å². The number of para-hydroxylation sites is 2. The Morgan fingerprint density at radius 2 is 1.46 bits per heavy atom. The maximum absolute atomic E-state index is 14.2. The third-order valence-electron chi connectivity index (χ3n) is 6.41. The summed E-state index contributed by atoms with van der Waals surface area (Å²) in [7, 11) is -4.17. The van der Waals surface area contributed by atoms with Crippen LogP contribution in [-0.4, -0.2) is 56.4 Å². The lowest BCUT2D eigenvalue weighted by atomic mass is 10.1. The number of nitrogens with zero attached hydrogens (tertiary/aromatic N) is 2. The number of hydrogen-bond donors (Lipinski definition) is 1. The summed E-state index contributed by atoms with van der Waals surface area (Å²) in [5.74, 6) is -0.424. The second kappa shape index (κ2) is 14.2. The summed E-state index contributed by atoms with van der Waals surface area (Å²) < 4.78 is 34.9. The molecule has 0 heterocycles. The third-order valence-corrected chi connectivity index (χ3v) is 8.19. The molecule has 0 aromatic heterocycles. The first-order valence-corrected chi connectivity index (χ1v) is 15.4. The molecule has 3 aromatic rings. The topological polar surface area (TPSA) is 96.0 Å². The van der Waals surface area contributed by atoms with Gasteiger partial charge in [-0.15, -0.1) is 0 Å². The minimum Gasteiger partial charge on any atom is -0.492 e. The Kier molecular flexibility index (Phi) is 10.9. The van der Waals surface area contributed by atoms with Gasteiger partial charge in [-0.3, -0.25) is 13.9 Å². The average Bonchev–Trinajstić information content (AvgIpc) is 2.94. The quantitative estimate of drug-likeness (QED) is 0.306. The predicted octanol–water partition coefficient (Wildman–Crippen LogP) is 5.05. The second-order valence-corrected chi connectivity index (χ2v) is 12.6. The molecule has 220 valence electrons. The fourth-order valence-corrected chi connectivity index (χ4v) is 5.97. The minimum atomic E-state index is -4.17. The van der Waals surface area contributed by atoms with Crippen LogP contribution in [0.5, 0.6) is 5.75 Å². The molecule has 0 radical (unpaired) electrons. The van der Waals surface area contributed by atoms with Gasteiger partial charge in [0.15, 0.2) is 0 Å². The molecule has 0 unspecified atom stereocenters. The van der Waals surface area contributed by atoms with E-state index in [-0.39, 0.29) is 23.0 Å². The van der Waals surface area contributed by atoms with Crippen molar-refractivity contribution in [3.8, 4) is 5.75 Å². The highest BCUT2D eigenvalue weighted by Gasteiger charge is 2.35. The Bertz CT molecular complexity index is 1390. The van der Waals surface area contributed by atoms with E-state index in [2.05, 4.69) is 5.32 Å². The maximum atomic E-state index is 14.2. The fourth-order valence-electron chi connectivity index (χ4n) is 4.52. The van der Waals surface area contributed by atoms with Gasteiger partial charge in [-0.05, 0) is 70.4 Å². The maximum Gasteiger partial charge on any atom is 0.264 e. The van der Waals surface area contributed by atoms with Gasteiger partial charge in [0.05, 0.1) is 17.2 Å². The number of hydrogen-bond acceptors (Lipinski definition) is 5. The van der Waals surface area contributed by atoms with Gasteiger partial charge in [-0.2, -0.15) is 0 Å². The lowest BCUT2D eigenvalue weighted by Crippen LogP contribution is -2.56. The SMILES string of the molecule is CCOc1ccccc1N(CC(=O)N(CCc1ccccc1)[C@@H](CC)C(=O)NC(C)(C)C)S(=O)(=O)c1ccccc1. The molecule has 41 heavy (non-hydrogen) atoms. The van der Waals surface area contributed by atoms with Gasteiger partial charge in [0, 0.05) is 12.1 Å². The van der Waals surface area contributed by atoms with E-state index in [4.69, 9.17) is 4.74 Å². The third kappa shape index (κ3) is 8.57. The number of anilines is 1. The number of benzene rings is 3. The number of ether oxygens (including phenoxy) is 1. The Balaban J connectivity index is 2.06. The summed E-state index contributed by atoms with van der Waals surface area (Å²) in [5, 5.41) is 2.99. The molecular weight excluding hydrogens is 538 g/mol. The van der Waals surface area contributed by atoms with Crippen LogP contribution in [-0.2, 0) is 26.0 Å². The van der Waals surface area contributed by atoms with E-state index < -0.39 is 34.1 Å². The molecule has 0 bridgehead atoms. The second-order valence-electron chi connectivity index (χ2n) is 10.7. The van der Waals surface area contributed by atoms with Gasteiger partial charge < -0.3 is 15.0 Å². The van der Waals surface area contributed by atoms with E-state index in [0.29, 0.717) is 25.2 Å². The van der Waals surface area contributed by atoms with Crippen LogP contribution in [0.15, 0.2) is 89.8 Å². The lowest BCUT2D eigenvalue weighted by Gasteiger charge is -2.35. The van der Waals surface area contributed by atoms with Crippen LogP contribution in [0.25, 0.3) is 0 Å². The zero-order valence-corrected chi connectivity index (χ0v) is 25.4. The fraction of sp³-hybridized carbons (Fsp3) is 0.375. The molecule has 0 aliphatic heterocycles. The first kappa shape index (κ1) is 31.7. The molecule has 0 fully saturated rings. The summed E-state index contributed by atoms with van der Waals surface area (Å²) in [6.07, 6.45) is 0.871. The molecular formula is C32H41N3O5S. The zero-order valence-electron chi connectivity index (χ0n) is 24.5. The highest BCUT2D eigenvalue weighted by molar-refractivity contribution is 7.92. The number of sulfonamides is 1. The Hall–Kier alpha value is -3.85. The summed E-state index contributed by atoms with van der Waals surface area (Å²) in [6.45, 7) is 9.35. The summed E-state index contributed by atoms with van der Waals surface area (Å²) in [6, 6.07) is 23.6. The Morgan fingerprint density at radius 1 is 0.878 bits per heavy atom. The normalized spacial score (nSPS) is 12.3. The molecule has 0 aliphatic carbocycles. The predicted molar refractivity (Wildman–Crippen MR) is 162 cm³/mol. The van der Waals surface area contributed by atoms with Crippen LogP contribution in [0.3, 0.4) is 0 Å². The van der Waals surface area contributed by atoms with Crippen molar-refractivity contribution in [1.82, 2.24) is 10.2 Å². The largest absolute Gasteiger partial charge is 0.492 e. The van der Waals surface area contributed by atoms with Crippen molar-refractivity contribution < 1.29 is 22.7 Å². The molecule has 8 nitrogen and oxygen atoms in total. The van der Waals surface area contributed by atoms with Crippen molar-refractivity contribution in [2.24, 2.45) is 0 Å². The molecule has 0 saturated carbocycles. The number of rotatable bonds is 13. The molecule has 1 atom stereocenters. The van der Waals surface area contributed by atoms with Crippen molar-refractivity contribution in [2.45, 2.75) is 63.9 Å². The van der Waals surface area contributed by atoms with E-state index in [9.17, 15) is 18.0 Å². The van der Waals surface area contributed by atoms with Crippen molar-refractivity contribution in [3.63, 3.8) is 0 Å². The standard InChI is InChI=1S/C32H41N3O5S/c1-6-27(31(37)33-32(3,4)5)34(23-22-25-16-10-8-11-17-25)30(36)24-35(28-20-14-15-21-29(28)40-7-2)41(38,39)26-18-12-9-13-19-26/h8-21,27H,6-7,22-24H2,1-5H3,(H,33,37)/t27-/m0/s1. The van der Waals surface area contributed by atoms with Crippen LogP contribution in [0.2, 0.25) is 0 Å². The van der Waals surface area contributed by atoms with Gasteiger partial charge in [0.2, 0.25) is 11.8 Å². The van der Waals surface area contributed by atoms with E-state index in [1.165, 1.54) is 17.0 Å². The number of carbonyl (C=O) groups is 2. The monoisotopic (exact) mass is 579 g/mol. The summed E-state index contributed by atoms with van der Waals surface area (Å²) >= 11 is 0. The van der Waals surface area contributed by atoms with Crippen LogP contribution < -0.4 is 14.4 Å². The van der Waals surface area contributed by atoms with Gasteiger partial charge in [0.25, 0.3) is 10.0 Å². The Morgan fingerprint density at radius 3 is 2.05 bits per heavy atom. The number of amides is 2. The summed E-state index contributed by atoms with van der Waals surface area (Å²) in [4.78, 5) is 29.1. The average molecular weight is 580 g/mol. The van der Waals surface area contributed by atoms with Crippen molar-refractivity contribution in [1.29, 1.82) is 0 Å². The first-order valence-electron chi connectivity index (χ1n) is 13.9. The lowest BCUT2D eigenvalue weighted by molar-refractivity contribution is -0.140. The van der Waals surface area contributed by atoms with Crippen molar-refractivity contribution in [2.75, 3.05) is 24.0 Å². The molecule has 3 aromatic carbocycles. The van der Waals surface area contributed by atoms with Crippen LogP contribution >= 0.6 is 0 Å². The molecule has 2 amide bonds.